The van der Waals surface area contributed by atoms with E-state index < -0.39 is 5.97 Å². The fourth-order valence-corrected chi connectivity index (χ4v) is 1.73. The molecule has 0 N–H and O–H groups in total. The van der Waals surface area contributed by atoms with E-state index in [-0.39, 0.29) is 5.69 Å². The molecule has 20 heavy (non-hydrogen) atoms. The third-order valence-corrected chi connectivity index (χ3v) is 2.77. The molecule has 0 radical (unpaired) electrons. The summed E-state index contributed by atoms with van der Waals surface area (Å²) in [5.74, 6) is 0.358. The zero-order valence-corrected chi connectivity index (χ0v) is 11.6. The highest BCUT2D eigenvalue weighted by Gasteiger charge is 2.17. The topological polar surface area (TPSA) is 66.2 Å². The van der Waals surface area contributed by atoms with Gasteiger partial charge in [-0.3, -0.25) is 0 Å². The summed E-state index contributed by atoms with van der Waals surface area (Å²) in [4.78, 5) is 11.6. The van der Waals surface area contributed by atoms with Gasteiger partial charge in [-0.1, -0.05) is 23.4 Å². The molecular formula is C14H17N3O3. The second kappa shape index (κ2) is 6.70. The van der Waals surface area contributed by atoms with Crippen LogP contribution in [0.1, 0.15) is 23.1 Å². The maximum absolute atomic E-state index is 11.6. The van der Waals surface area contributed by atoms with Gasteiger partial charge in [0.2, 0.25) is 0 Å². The Bertz CT molecular complexity index is 566. The molecule has 0 aliphatic heterocycles. The zero-order chi connectivity index (χ0) is 14.4. The molecule has 0 fully saturated rings. The average molecular weight is 275 g/mol. The number of rotatable bonds is 6. The molecule has 1 heterocycles. The Labute approximate surface area is 117 Å². The Morgan fingerprint density at radius 2 is 2.05 bits per heavy atom. The van der Waals surface area contributed by atoms with E-state index in [2.05, 4.69) is 10.3 Å². The van der Waals surface area contributed by atoms with Crippen molar-refractivity contribution in [2.75, 3.05) is 13.2 Å². The number of nitrogens with zero attached hydrogens (tertiary/aromatic N) is 3. The zero-order valence-electron chi connectivity index (χ0n) is 11.6. The highest BCUT2D eigenvalue weighted by atomic mass is 16.5. The summed E-state index contributed by atoms with van der Waals surface area (Å²) in [7, 11) is 0. The molecule has 0 amide bonds. The first kappa shape index (κ1) is 14.0. The van der Waals surface area contributed by atoms with Gasteiger partial charge in [0, 0.05) is 0 Å². The molecule has 6 nitrogen and oxygen atoms in total. The Hall–Kier alpha value is -2.37. The summed E-state index contributed by atoms with van der Waals surface area (Å²) in [6.07, 6.45) is 0. The maximum atomic E-state index is 11.6. The van der Waals surface area contributed by atoms with Crippen LogP contribution < -0.4 is 4.74 Å². The maximum Gasteiger partial charge on any atom is 0.360 e. The van der Waals surface area contributed by atoms with Gasteiger partial charge >= 0.3 is 5.97 Å². The van der Waals surface area contributed by atoms with Crippen LogP contribution in [0.15, 0.2) is 30.3 Å². The quantitative estimate of drug-likeness (QED) is 0.753. The smallest absolute Gasteiger partial charge is 0.360 e. The monoisotopic (exact) mass is 275 g/mol. The fraction of sp³-hybridized carbons (Fsp3) is 0.357. The molecule has 0 atom stereocenters. The molecule has 2 rings (SSSR count). The van der Waals surface area contributed by atoms with Crippen molar-refractivity contribution in [1.29, 1.82) is 0 Å². The highest BCUT2D eigenvalue weighted by Crippen LogP contribution is 2.09. The standard InChI is InChI=1S/C14H17N3O3/c1-3-19-14(18)13-11(2)17(16-15-13)9-10-20-12-7-5-4-6-8-12/h4-8H,3,9-10H2,1-2H3. The largest absolute Gasteiger partial charge is 0.492 e. The predicted molar refractivity (Wildman–Crippen MR) is 72.7 cm³/mol. The lowest BCUT2D eigenvalue weighted by molar-refractivity contribution is 0.0518. The van der Waals surface area contributed by atoms with Crippen LogP contribution in [0.25, 0.3) is 0 Å². The van der Waals surface area contributed by atoms with Crippen LogP contribution >= 0.6 is 0 Å². The van der Waals surface area contributed by atoms with Crippen LogP contribution in [-0.2, 0) is 11.3 Å². The minimum absolute atomic E-state index is 0.256. The highest BCUT2D eigenvalue weighted by molar-refractivity contribution is 5.88. The van der Waals surface area contributed by atoms with Gasteiger partial charge in [-0.05, 0) is 26.0 Å². The Balaban J connectivity index is 1.92. The molecule has 0 bridgehead atoms. The van der Waals surface area contributed by atoms with Crippen LogP contribution in [0.3, 0.4) is 0 Å². The number of para-hydroxylation sites is 1. The lowest BCUT2D eigenvalue weighted by Gasteiger charge is -2.06. The van der Waals surface area contributed by atoms with E-state index in [1.165, 1.54) is 0 Å². The molecule has 0 saturated carbocycles. The van der Waals surface area contributed by atoms with Gasteiger partial charge in [0.25, 0.3) is 0 Å². The summed E-state index contributed by atoms with van der Waals surface area (Å²) in [6, 6.07) is 9.53. The van der Waals surface area contributed by atoms with Crippen LogP contribution in [0, 0.1) is 6.92 Å². The lowest BCUT2D eigenvalue weighted by atomic mass is 10.3. The Morgan fingerprint density at radius 1 is 1.30 bits per heavy atom. The van der Waals surface area contributed by atoms with Crippen molar-refractivity contribution < 1.29 is 14.3 Å². The van der Waals surface area contributed by atoms with E-state index in [0.29, 0.717) is 25.5 Å². The summed E-state index contributed by atoms with van der Waals surface area (Å²) in [6.45, 7) is 4.84. The first-order valence-corrected chi connectivity index (χ1v) is 6.47. The van der Waals surface area contributed by atoms with Crippen molar-refractivity contribution in [2.45, 2.75) is 20.4 Å². The van der Waals surface area contributed by atoms with Gasteiger partial charge in [-0.25, -0.2) is 9.48 Å². The summed E-state index contributed by atoms with van der Waals surface area (Å²) < 4.78 is 12.1. The van der Waals surface area contributed by atoms with Crippen LogP contribution in [-0.4, -0.2) is 34.2 Å². The van der Waals surface area contributed by atoms with Crippen molar-refractivity contribution in [3.63, 3.8) is 0 Å². The first-order chi connectivity index (χ1) is 9.72. The van der Waals surface area contributed by atoms with Crippen molar-refractivity contribution in [3.8, 4) is 5.75 Å². The van der Waals surface area contributed by atoms with Gasteiger partial charge in [0.1, 0.15) is 12.4 Å². The molecule has 1 aromatic heterocycles. The normalized spacial score (nSPS) is 10.3. The van der Waals surface area contributed by atoms with Gasteiger partial charge in [-0.15, -0.1) is 5.10 Å². The Morgan fingerprint density at radius 3 is 2.75 bits per heavy atom. The SMILES string of the molecule is CCOC(=O)c1nnn(CCOc2ccccc2)c1C. The summed E-state index contributed by atoms with van der Waals surface area (Å²) >= 11 is 0. The summed E-state index contributed by atoms with van der Waals surface area (Å²) in [5, 5.41) is 7.78. The average Bonchev–Trinajstić information content (AvgIpc) is 2.82. The molecular weight excluding hydrogens is 258 g/mol. The number of carbonyl (C=O) groups is 1. The van der Waals surface area contributed by atoms with E-state index >= 15 is 0 Å². The predicted octanol–water partition coefficient (Wildman–Crippen LogP) is 1.84. The van der Waals surface area contributed by atoms with E-state index in [1.807, 2.05) is 30.3 Å². The minimum Gasteiger partial charge on any atom is -0.492 e. The fourth-order valence-electron chi connectivity index (χ4n) is 1.73. The second-order valence-corrected chi connectivity index (χ2v) is 4.13. The van der Waals surface area contributed by atoms with Crippen LogP contribution in [0.5, 0.6) is 5.75 Å². The van der Waals surface area contributed by atoms with Crippen molar-refractivity contribution >= 4 is 5.97 Å². The molecule has 1 aromatic carbocycles. The third kappa shape index (κ3) is 3.34. The number of benzene rings is 1. The number of hydrogen-bond acceptors (Lipinski definition) is 5. The molecule has 106 valence electrons. The number of esters is 1. The van der Waals surface area contributed by atoms with Gasteiger partial charge in [0.05, 0.1) is 18.8 Å². The van der Waals surface area contributed by atoms with E-state index in [1.54, 1.807) is 18.5 Å². The number of carbonyl (C=O) groups excluding carboxylic acids is 1. The van der Waals surface area contributed by atoms with Crippen molar-refractivity contribution in [3.05, 3.63) is 41.7 Å². The number of hydrogen-bond donors (Lipinski definition) is 0. The first-order valence-electron chi connectivity index (χ1n) is 6.47. The van der Waals surface area contributed by atoms with Gasteiger partial charge in [-0.2, -0.15) is 0 Å². The molecule has 0 saturated heterocycles. The van der Waals surface area contributed by atoms with Crippen molar-refractivity contribution in [1.82, 2.24) is 15.0 Å². The van der Waals surface area contributed by atoms with Crippen LogP contribution in [0.2, 0.25) is 0 Å². The molecule has 6 heteroatoms. The Kier molecular flexibility index (Phi) is 4.70. The van der Waals surface area contributed by atoms with Crippen molar-refractivity contribution in [2.24, 2.45) is 0 Å². The molecule has 0 unspecified atom stereocenters. The summed E-state index contributed by atoms with van der Waals surface area (Å²) in [5.41, 5.74) is 0.937. The molecule has 0 aliphatic rings. The lowest BCUT2D eigenvalue weighted by Crippen LogP contribution is -2.12. The number of ether oxygens (including phenoxy) is 2. The number of aromatic nitrogens is 3. The van der Waals surface area contributed by atoms with E-state index in [9.17, 15) is 4.79 Å². The molecule has 0 aliphatic carbocycles. The van der Waals surface area contributed by atoms with E-state index in [0.717, 1.165) is 5.75 Å². The van der Waals surface area contributed by atoms with E-state index in [4.69, 9.17) is 9.47 Å². The molecule has 0 spiro atoms. The second-order valence-electron chi connectivity index (χ2n) is 4.13. The minimum atomic E-state index is -0.444. The van der Waals surface area contributed by atoms with Crippen LogP contribution in [0.4, 0.5) is 0 Å². The third-order valence-electron chi connectivity index (χ3n) is 2.77. The van der Waals surface area contributed by atoms with Gasteiger partial charge in [0.15, 0.2) is 5.69 Å². The van der Waals surface area contributed by atoms with Gasteiger partial charge < -0.3 is 9.47 Å². The molecule has 2 aromatic rings.